The summed E-state index contributed by atoms with van der Waals surface area (Å²) in [6, 6.07) is 19.8. The first-order valence-corrected chi connectivity index (χ1v) is 12.8. The summed E-state index contributed by atoms with van der Waals surface area (Å²) in [6.45, 7) is 4.74. The van der Waals surface area contributed by atoms with Crippen molar-refractivity contribution < 1.29 is 27.4 Å². The SMILES string of the molecule is CCOc1ccc(S(=O)(=O)N(CC(=O)N[C@@H](C)c2ccc3c(c2)OCCO3)c2ccccc2)cc1. The maximum atomic E-state index is 13.5. The molecule has 3 aromatic rings. The maximum Gasteiger partial charge on any atom is 0.264 e. The van der Waals surface area contributed by atoms with Crippen molar-refractivity contribution >= 4 is 21.6 Å². The predicted molar refractivity (Wildman–Crippen MR) is 133 cm³/mol. The summed E-state index contributed by atoms with van der Waals surface area (Å²) in [5.74, 6) is 1.42. The number of benzene rings is 3. The summed E-state index contributed by atoms with van der Waals surface area (Å²) < 4.78 is 44.7. The molecule has 8 nitrogen and oxygen atoms in total. The third-order valence-corrected chi connectivity index (χ3v) is 7.29. The number of hydrogen-bond acceptors (Lipinski definition) is 6. The zero-order chi connectivity index (χ0) is 24.8. The fourth-order valence-electron chi connectivity index (χ4n) is 3.74. The number of para-hydroxylation sites is 1. The lowest BCUT2D eigenvalue weighted by atomic mass is 10.1. The van der Waals surface area contributed by atoms with Gasteiger partial charge in [0.05, 0.1) is 23.2 Å². The van der Waals surface area contributed by atoms with Crippen molar-refractivity contribution in [2.24, 2.45) is 0 Å². The first-order chi connectivity index (χ1) is 16.9. The molecule has 0 saturated carbocycles. The van der Waals surface area contributed by atoms with Gasteiger partial charge < -0.3 is 19.5 Å². The summed E-state index contributed by atoms with van der Waals surface area (Å²) in [4.78, 5) is 13.1. The van der Waals surface area contributed by atoms with Crippen LogP contribution >= 0.6 is 0 Å². The van der Waals surface area contributed by atoms with Gasteiger partial charge in [0.1, 0.15) is 25.5 Å². The van der Waals surface area contributed by atoms with Gasteiger partial charge in [0.2, 0.25) is 5.91 Å². The first kappa shape index (κ1) is 24.4. The lowest BCUT2D eigenvalue weighted by Gasteiger charge is -2.25. The topological polar surface area (TPSA) is 94.2 Å². The Morgan fingerprint density at radius 3 is 2.37 bits per heavy atom. The van der Waals surface area contributed by atoms with Crippen LogP contribution in [0.25, 0.3) is 0 Å². The number of amides is 1. The first-order valence-electron chi connectivity index (χ1n) is 11.4. The van der Waals surface area contributed by atoms with Gasteiger partial charge in [-0.05, 0) is 67.9 Å². The number of carbonyl (C=O) groups excluding carboxylic acids is 1. The fraction of sp³-hybridized carbons (Fsp3) is 0.269. The van der Waals surface area contributed by atoms with Gasteiger partial charge in [-0.15, -0.1) is 0 Å². The molecule has 0 spiro atoms. The number of carbonyl (C=O) groups is 1. The van der Waals surface area contributed by atoms with Crippen molar-refractivity contribution in [3.05, 3.63) is 78.4 Å². The summed E-state index contributed by atoms with van der Waals surface area (Å²) in [5.41, 5.74) is 1.21. The van der Waals surface area contributed by atoms with Gasteiger partial charge in [-0.2, -0.15) is 0 Å². The smallest absolute Gasteiger partial charge is 0.264 e. The molecule has 0 aromatic heterocycles. The Morgan fingerprint density at radius 2 is 1.69 bits per heavy atom. The van der Waals surface area contributed by atoms with E-state index < -0.39 is 15.9 Å². The predicted octanol–water partition coefficient (Wildman–Crippen LogP) is 3.93. The number of nitrogens with zero attached hydrogens (tertiary/aromatic N) is 1. The average Bonchev–Trinajstić information content (AvgIpc) is 2.88. The van der Waals surface area contributed by atoms with E-state index in [4.69, 9.17) is 14.2 Å². The molecule has 184 valence electrons. The van der Waals surface area contributed by atoms with Gasteiger partial charge in [0.15, 0.2) is 11.5 Å². The number of hydrogen-bond donors (Lipinski definition) is 1. The molecule has 0 aliphatic carbocycles. The molecule has 35 heavy (non-hydrogen) atoms. The van der Waals surface area contributed by atoms with Crippen molar-refractivity contribution in [2.75, 3.05) is 30.7 Å². The molecule has 0 unspecified atom stereocenters. The Labute approximate surface area is 205 Å². The summed E-state index contributed by atoms with van der Waals surface area (Å²) in [5, 5.41) is 2.89. The minimum absolute atomic E-state index is 0.0671. The highest BCUT2D eigenvalue weighted by Gasteiger charge is 2.28. The molecule has 1 aliphatic heterocycles. The van der Waals surface area contributed by atoms with Crippen LogP contribution in [-0.4, -0.2) is 40.7 Å². The van der Waals surface area contributed by atoms with E-state index in [0.29, 0.717) is 42.8 Å². The minimum Gasteiger partial charge on any atom is -0.494 e. The van der Waals surface area contributed by atoms with E-state index in [1.54, 1.807) is 48.5 Å². The fourth-order valence-corrected chi connectivity index (χ4v) is 5.16. The van der Waals surface area contributed by atoms with Gasteiger partial charge in [-0.3, -0.25) is 9.10 Å². The molecule has 1 atom stereocenters. The van der Waals surface area contributed by atoms with Crippen molar-refractivity contribution in [2.45, 2.75) is 24.8 Å². The number of ether oxygens (including phenoxy) is 3. The second-order valence-electron chi connectivity index (χ2n) is 7.94. The molecule has 4 rings (SSSR count). The Bertz CT molecular complexity index is 1260. The minimum atomic E-state index is -4.01. The molecule has 0 saturated heterocycles. The summed E-state index contributed by atoms with van der Waals surface area (Å²) in [7, 11) is -4.01. The molecule has 0 fully saturated rings. The molecule has 1 heterocycles. The summed E-state index contributed by atoms with van der Waals surface area (Å²) >= 11 is 0. The highest BCUT2D eigenvalue weighted by Crippen LogP contribution is 2.32. The number of nitrogens with one attached hydrogen (secondary N) is 1. The molecule has 9 heteroatoms. The third-order valence-electron chi connectivity index (χ3n) is 5.50. The Kier molecular flexibility index (Phi) is 7.45. The van der Waals surface area contributed by atoms with Crippen LogP contribution in [-0.2, 0) is 14.8 Å². The lowest BCUT2D eigenvalue weighted by molar-refractivity contribution is -0.120. The van der Waals surface area contributed by atoms with Crippen LogP contribution in [0.15, 0.2) is 77.7 Å². The Hall–Kier alpha value is -3.72. The van der Waals surface area contributed by atoms with E-state index in [0.717, 1.165) is 9.87 Å². The van der Waals surface area contributed by atoms with Crippen molar-refractivity contribution in [3.63, 3.8) is 0 Å². The van der Waals surface area contributed by atoms with E-state index in [2.05, 4.69) is 5.32 Å². The monoisotopic (exact) mass is 496 g/mol. The van der Waals surface area contributed by atoms with Gasteiger partial charge in [-0.25, -0.2) is 8.42 Å². The van der Waals surface area contributed by atoms with E-state index in [1.807, 2.05) is 26.0 Å². The van der Waals surface area contributed by atoms with Gasteiger partial charge >= 0.3 is 0 Å². The number of sulfonamides is 1. The second kappa shape index (κ2) is 10.7. The molecule has 1 aliphatic rings. The molecule has 0 radical (unpaired) electrons. The molecule has 0 bridgehead atoms. The molecule has 3 aromatic carbocycles. The van der Waals surface area contributed by atoms with Gasteiger partial charge in [0.25, 0.3) is 10.0 Å². The molecular weight excluding hydrogens is 468 g/mol. The van der Waals surface area contributed by atoms with Crippen LogP contribution in [0.1, 0.15) is 25.5 Å². The average molecular weight is 497 g/mol. The van der Waals surface area contributed by atoms with Crippen LogP contribution in [0.4, 0.5) is 5.69 Å². The zero-order valence-electron chi connectivity index (χ0n) is 19.6. The summed E-state index contributed by atoms with van der Waals surface area (Å²) in [6.07, 6.45) is 0. The molecular formula is C26H28N2O6S. The standard InChI is InChI=1S/C26H28N2O6S/c1-3-32-22-10-12-23(13-11-22)35(30,31)28(21-7-5-4-6-8-21)18-26(29)27-19(2)20-9-14-24-25(17-20)34-16-15-33-24/h4-14,17,19H,3,15-16,18H2,1-2H3,(H,27,29)/t19-/m0/s1. The van der Waals surface area contributed by atoms with Crippen molar-refractivity contribution in [1.82, 2.24) is 5.32 Å². The van der Waals surface area contributed by atoms with E-state index >= 15 is 0 Å². The van der Waals surface area contributed by atoms with Gasteiger partial charge in [-0.1, -0.05) is 24.3 Å². The van der Waals surface area contributed by atoms with Crippen molar-refractivity contribution in [3.8, 4) is 17.2 Å². The highest BCUT2D eigenvalue weighted by atomic mass is 32.2. The molecule has 1 N–H and O–H groups in total. The van der Waals surface area contributed by atoms with E-state index in [-0.39, 0.29) is 17.5 Å². The van der Waals surface area contributed by atoms with Crippen LogP contribution in [0.3, 0.4) is 0 Å². The molecule has 1 amide bonds. The number of rotatable bonds is 9. The third kappa shape index (κ3) is 5.68. The Morgan fingerprint density at radius 1 is 1.00 bits per heavy atom. The van der Waals surface area contributed by atoms with E-state index in [1.165, 1.54) is 12.1 Å². The van der Waals surface area contributed by atoms with Crippen molar-refractivity contribution in [1.29, 1.82) is 0 Å². The van der Waals surface area contributed by atoms with Crippen LogP contribution in [0.2, 0.25) is 0 Å². The lowest BCUT2D eigenvalue weighted by Crippen LogP contribution is -2.41. The Balaban J connectivity index is 1.54. The van der Waals surface area contributed by atoms with E-state index in [9.17, 15) is 13.2 Å². The largest absolute Gasteiger partial charge is 0.494 e. The normalized spacial score (nSPS) is 13.5. The zero-order valence-corrected chi connectivity index (χ0v) is 20.5. The highest BCUT2D eigenvalue weighted by molar-refractivity contribution is 7.92. The quantitative estimate of drug-likeness (QED) is 0.483. The number of fused-ring (bicyclic) bond motifs is 1. The second-order valence-corrected chi connectivity index (χ2v) is 9.81. The van der Waals surface area contributed by atoms with Crippen LogP contribution in [0, 0.1) is 0 Å². The maximum absolute atomic E-state index is 13.5. The van der Waals surface area contributed by atoms with Crippen LogP contribution in [0.5, 0.6) is 17.2 Å². The number of anilines is 1. The van der Waals surface area contributed by atoms with Crippen LogP contribution < -0.4 is 23.8 Å². The van der Waals surface area contributed by atoms with Gasteiger partial charge in [0, 0.05) is 0 Å².